The van der Waals surface area contributed by atoms with Crippen molar-refractivity contribution in [1.82, 2.24) is 4.90 Å². The third kappa shape index (κ3) is 2.39. The zero-order chi connectivity index (χ0) is 15.7. The van der Waals surface area contributed by atoms with E-state index in [1.165, 1.54) is 0 Å². The molecule has 1 aliphatic heterocycles. The molecule has 2 aromatic carbocycles. The Morgan fingerprint density at radius 1 is 0.909 bits per heavy atom. The van der Waals surface area contributed by atoms with Crippen molar-refractivity contribution in [3.05, 3.63) is 77.0 Å². The number of rotatable bonds is 3. The van der Waals surface area contributed by atoms with Gasteiger partial charge in [-0.25, -0.2) is 0 Å². The van der Waals surface area contributed by atoms with Crippen LogP contribution in [-0.4, -0.2) is 21.8 Å². The van der Waals surface area contributed by atoms with Gasteiger partial charge in [0.25, 0.3) is 11.8 Å². The highest BCUT2D eigenvalue weighted by Gasteiger charge is 2.38. The lowest BCUT2D eigenvalue weighted by molar-refractivity contribution is -0.138. The minimum absolute atomic E-state index is 0.0703. The molecule has 0 bridgehead atoms. The van der Waals surface area contributed by atoms with Crippen LogP contribution in [0.3, 0.4) is 0 Å². The summed E-state index contributed by atoms with van der Waals surface area (Å²) in [4.78, 5) is 25.7. The number of hydrogen-bond donors (Lipinski definition) is 1. The number of benzene rings is 2. The smallest absolute Gasteiger partial charge is 0.296 e. The predicted octanol–water partition coefficient (Wildman–Crippen LogP) is 2.83. The van der Waals surface area contributed by atoms with Gasteiger partial charge in [0, 0.05) is 0 Å². The van der Waals surface area contributed by atoms with E-state index in [0.717, 1.165) is 16.0 Å². The Bertz CT molecular complexity index is 761. The average molecular weight is 293 g/mol. The maximum atomic E-state index is 12.5. The van der Waals surface area contributed by atoms with E-state index in [9.17, 15) is 14.7 Å². The van der Waals surface area contributed by atoms with Gasteiger partial charge in [-0.3, -0.25) is 14.5 Å². The number of carbonyl (C=O) groups excluding carboxylic acids is 2. The van der Waals surface area contributed by atoms with E-state index in [1.54, 1.807) is 12.1 Å². The number of aliphatic hydroxyl groups excluding tert-OH is 1. The fraction of sp³-hybridized carbons (Fsp3) is 0.111. The summed E-state index contributed by atoms with van der Waals surface area (Å²) in [6.07, 6.45) is 0. The third-order valence-electron chi connectivity index (χ3n) is 3.67. The van der Waals surface area contributed by atoms with Crippen LogP contribution in [0.2, 0.25) is 0 Å². The molecule has 0 aliphatic carbocycles. The highest BCUT2D eigenvalue weighted by atomic mass is 16.3. The number of hydrogen-bond acceptors (Lipinski definition) is 3. The van der Waals surface area contributed by atoms with Crippen molar-refractivity contribution in [2.45, 2.75) is 13.5 Å². The fourth-order valence-electron chi connectivity index (χ4n) is 2.45. The monoisotopic (exact) mass is 293 g/mol. The summed E-state index contributed by atoms with van der Waals surface area (Å²) < 4.78 is 0. The van der Waals surface area contributed by atoms with Gasteiger partial charge in [-0.05, 0) is 18.1 Å². The molecule has 110 valence electrons. The van der Waals surface area contributed by atoms with Gasteiger partial charge in [0.15, 0.2) is 5.76 Å². The minimum atomic E-state index is -0.649. The molecule has 22 heavy (non-hydrogen) atoms. The molecule has 2 amide bonds. The number of nitrogens with zero attached hydrogens (tertiary/aromatic N) is 1. The second-order valence-electron chi connectivity index (χ2n) is 5.27. The molecule has 4 heteroatoms. The number of amides is 2. The molecule has 0 radical (unpaired) electrons. The van der Waals surface area contributed by atoms with Crippen molar-refractivity contribution in [3.8, 4) is 0 Å². The first-order chi connectivity index (χ1) is 10.6. The molecular weight excluding hydrogens is 278 g/mol. The Morgan fingerprint density at radius 3 is 2.18 bits per heavy atom. The first-order valence-corrected chi connectivity index (χ1v) is 6.98. The fourth-order valence-corrected chi connectivity index (χ4v) is 2.45. The van der Waals surface area contributed by atoms with Crippen molar-refractivity contribution >= 4 is 17.4 Å². The van der Waals surface area contributed by atoms with Gasteiger partial charge in [-0.15, -0.1) is 0 Å². The first-order valence-electron chi connectivity index (χ1n) is 6.98. The summed E-state index contributed by atoms with van der Waals surface area (Å²) in [6.45, 7) is 2.08. The standard InChI is InChI=1S/C18H15NO3/c1-12-7-9-14(10-8-12)15-16(20)18(22)19(17(15)21)11-13-5-3-2-4-6-13/h2-10,20H,11H2,1H3. The highest BCUT2D eigenvalue weighted by Crippen LogP contribution is 2.29. The van der Waals surface area contributed by atoms with Crippen molar-refractivity contribution in [1.29, 1.82) is 0 Å². The van der Waals surface area contributed by atoms with Crippen LogP contribution >= 0.6 is 0 Å². The van der Waals surface area contributed by atoms with Gasteiger partial charge >= 0.3 is 0 Å². The molecule has 4 nitrogen and oxygen atoms in total. The summed E-state index contributed by atoms with van der Waals surface area (Å²) >= 11 is 0. The first kappa shape index (κ1) is 14.1. The van der Waals surface area contributed by atoms with Crippen molar-refractivity contribution in [3.63, 3.8) is 0 Å². The number of aryl methyl sites for hydroxylation is 1. The van der Waals surface area contributed by atoms with Crippen LogP contribution in [0.1, 0.15) is 16.7 Å². The third-order valence-corrected chi connectivity index (χ3v) is 3.67. The number of carbonyl (C=O) groups is 2. The van der Waals surface area contributed by atoms with Crippen molar-refractivity contribution in [2.75, 3.05) is 0 Å². The Labute approximate surface area is 128 Å². The molecule has 2 aromatic rings. The highest BCUT2D eigenvalue weighted by molar-refractivity contribution is 6.34. The maximum Gasteiger partial charge on any atom is 0.296 e. The second kappa shape index (κ2) is 5.48. The predicted molar refractivity (Wildman–Crippen MR) is 82.7 cm³/mol. The van der Waals surface area contributed by atoms with E-state index in [2.05, 4.69) is 0 Å². The van der Waals surface area contributed by atoms with Crippen LogP contribution in [-0.2, 0) is 16.1 Å². The van der Waals surface area contributed by atoms with Crippen molar-refractivity contribution < 1.29 is 14.7 Å². The van der Waals surface area contributed by atoms with E-state index in [-0.39, 0.29) is 12.1 Å². The zero-order valence-corrected chi connectivity index (χ0v) is 12.1. The molecule has 0 unspecified atom stereocenters. The molecular formula is C18H15NO3. The van der Waals surface area contributed by atoms with Gasteiger partial charge < -0.3 is 5.11 Å². The SMILES string of the molecule is Cc1ccc(C2=C(O)C(=O)N(Cc3ccccc3)C2=O)cc1. The van der Waals surface area contributed by atoms with E-state index in [1.807, 2.05) is 49.4 Å². The van der Waals surface area contributed by atoms with Crippen LogP contribution in [0.5, 0.6) is 0 Å². The topological polar surface area (TPSA) is 57.6 Å². The van der Waals surface area contributed by atoms with Crippen LogP contribution in [0, 0.1) is 6.92 Å². The summed E-state index contributed by atoms with van der Waals surface area (Å²) in [5, 5.41) is 10.1. The molecule has 1 N–H and O–H groups in total. The van der Waals surface area contributed by atoms with E-state index < -0.39 is 17.6 Å². The van der Waals surface area contributed by atoms with E-state index in [4.69, 9.17) is 0 Å². The lowest BCUT2D eigenvalue weighted by atomic mass is 10.0. The molecule has 1 aliphatic rings. The summed E-state index contributed by atoms with van der Waals surface area (Å²) in [5.74, 6) is -1.59. The molecule has 0 atom stereocenters. The number of aliphatic hydroxyl groups is 1. The summed E-state index contributed by atoms with van der Waals surface area (Å²) in [5.41, 5.74) is 2.50. The molecule has 1 heterocycles. The minimum Gasteiger partial charge on any atom is -0.502 e. The zero-order valence-electron chi connectivity index (χ0n) is 12.1. The van der Waals surface area contributed by atoms with Gasteiger partial charge in [0.1, 0.15) is 0 Å². The van der Waals surface area contributed by atoms with Gasteiger partial charge in [0.2, 0.25) is 0 Å². The quantitative estimate of drug-likeness (QED) is 0.885. The van der Waals surface area contributed by atoms with Crippen LogP contribution < -0.4 is 0 Å². The van der Waals surface area contributed by atoms with Crippen LogP contribution in [0.4, 0.5) is 0 Å². The van der Waals surface area contributed by atoms with Crippen LogP contribution in [0.25, 0.3) is 5.57 Å². The Morgan fingerprint density at radius 2 is 1.55 bits per heavy atom. The normalized spacial score (nSPS) is 14.9. The number of imide groups is 1. The molecule has 0 saturated heterocycles. The Balaban J connectivity index is 1.92. The van der Waals surface area contributed by atoms with E-state index >= 15 is 0 Å². The van der Waals surface area contributed by atoms with Gasteiger partial charge in [-0.2, -0.15) is 0 Å². The summed E-state index contributed by atoms with van der Waals surface area (Å²) in [7, 11) is 0. The Hall–Kier alpha value is -2.88. The largest absolute Gasteiger partial charge is 0.502 e. The van der Waals surface area contributed by atoms with Crippen LogP contribution in [0.15, 0.2) is 60.4 Å². The van der Waals surface area contributed by atoms with Gasteiger partial charge in [0.05, 0.1) is 12.1 Å². The average Bonchev–Trinajstić information content (AvgIpc) is 2.73. The molecule has 0 aromatic heterocycles. The molecule has 0 fully saturated rings. The lowest BCUT2D eigenvalue weighted by Crippen LogP contribution is -2.31. The van der Waals surface area contributed by atoms with E-state index in [0.29, 0.717) is 5.56 Å². The maximum absolute atomic E-state index is 12.5. The molecule has 0 spiro atoms. The summed E-state index contributed by atoms with van der Waals surface area (Å²) in [6, 6.07) is 16.4. The van der Waals surface area contributed by atoms with Crippen molar-refractivity contribution in [2.24, 2.45) is 0 Å². The molecule has 0 saturated carbocycles. The van der Waals surface area contributed by atoms with Gasteiger partial charge in [-0.1, -0.05) is 60.2 Å². The molecule has 3 rings (SSSR count). The Kier molecular flexibility index (Phi) is 3.51. The lowest BCUT2D eigenvalue weighted by Gasteiger charge is -2.14. The second-order valence-corrected chi connectivity index (χ2v) is 5.27.